The fourth-order valence-electron chi connectivity index (χ4n) is 3.38. The van der Waals surface area contributed by atoms with Crippen molar-refractivity contribution >= 4 is 28.5 Å². The van der Waals surface area contributed by atoms with Crippen LogP contribution in [0.3, 0.4) is 0 Å². The predicted molar refractivity (Wildman–Crippen MR) is 111 cm³/mol. The summed E-state index contributed by atoms with van der Waals surface area (Å²) in [6.45, 7) is 7.83. The molecule has 0 atom stereocenters. The van der Waals surface area contributed by atoms with Crippen molar-refractivity contribution in [3.63, 3.8) is 0 Å². The Morgan fingerprint density at radius 1 is 1.25 bits per heavy atom. The number of aryl methyl sites for hydroxylation is 1. The molecule has 2 aromatic carbocycles. The number of amides is 1. The molecule has 1 aromatic heterocycles. The van der Waals surface area contributed by atoms with Gasteiger partial charge in [0.2, 0.25) is 0 Å². The van der Waals surface area contributed by atoms with Crippen molar-refractivity contribution in [2.75, 3.05) is 6.54 Å². The number of fused-ring (bicyclic) bond motifs is 1. The molecule has 0 N–H and O–H groups in total. The Morgan fingerprint density at radius 2 is 2.00 bits per heavy atom. The minimum atomic E-state index is -0.289. The molecular formula is C22H25ClFN3O. The summed E-state index contributed by atoms with van der Waals surface area (Å²) >= 11 is 6.26. The third-order valence-electron chi connectivity index (χ3n) is 4.55. The van der Waals surface area contributed by atoms with Crippen molar-refractivity contribution in [2.24, 2.45) is 5.92 Å². The molecule has 0 aliphatic rings. The van der Waals surface area contributed by atoms with E-state index in [1.165, 1.54) is 12.1 Å². The molecule has 3 rings (SSSR count). The number of imidazole rings is 1. The largest absolute Gasteiger partial charge is 0.331 e. The van der Waals surface area contributed by atoms with E-state index in [4.69, 9.17) is 11.6 Å². The lowest BCUT2D eigenvalue weighted by Gasteiger charge is -2.25. The number of hydrogen-bond donors (Lipinski definition) is 0. The molecule has 1 amide bonds. The summed E-state index contributed by atoms with van der Waals surface area (Å²) in [5.41, 5.74) is 1.97. The Balaban J connectivity index is 2.00. The van der Waals surface area contributed by atoms with Crippen molar-refractivity contribution in [3.8, 4) is 0 Å². The van der Waals surface area contributed by atoms with Gasteiger partial charge in [-0.05, 0) is 42.7 Å². The van der Waals surface area contributed by atoms with E-state index in [1.807, 2.05) is 10.6 Å². The molecular weight excluding hydrogens is 377 g/mol. The van der Waals surface area contributed by atoms with Crippen LogP contribution in [0.2, 0.25) is 5.02 Å². The van der Waals surface area contributed by atoms with Crippen LogP contribution in [0.1, 0.15) is 43.4 Å². The molecule has 0 bridgehead atoms. The Labute approximate surface area is 169 Å². The van der Waals surface area contributed by atoms with E-state index in [2.05, 4.69) is 25.8 Å². The van der Waals surface area contributed by atoms with E-state index in [0.29, 0.717) is 30.2 Å². The number of benzene rings is 2. The monoisotopic (exact) mass is 401 g/mol. The van der Waals surface area contributed by atoms with Gasteiger partial charge in [-0.2, -0.15) is 0 Å². The first-order valence-corrected chi connectivity index (χ1v) is 9.97. The molecule has 0 unspecified atom stereocenters. The second-order valence-electron chi connectivity index (χ2n) is 7.37. The molecule has 148 valence electrons. The van der Waals surface area contributed by atoms with E-state index in [0.717, 1.165) is 23.3 Å². The fraction of sp³-hybridized carbons (Fsp3) is 0.364. The van der Waals surface area contributed by atoms with Crippen molar-refractivity contribution < 1.29 is 9.18 Å². The average Bonchev–Trinajstić information content (AvgIpc) is 2.98. The summed E-state index contributed by atoms with van der Waals surface area (Å²) in [4.78, 5) is 19.6. The average molecular weight is 402 g/mol. The van der Waals surface area contributed by atoms with Gasteiger partial charge >= 0.3 is 0 Å². The number of carbonyl (C=O) groups is 1. The second kappa shape index (κ2) is 8.74. The highest BCUT2D eigenvalue weighted by molar-refractivity contribution is 6.33. The first kappa shape index (κ1) is 20.3. The topological polar surface area (TPSA) is 38.1 Å². The second-order valence-corrected chi connectivity index (χ2v) is 7.78. The molecule has 0 fully saturated rings. The van der Waals surface area contributed by atoms with Gasteiger partial charge in [0.1, 0.15) is 11.6 Å². The third kappa shape index (κ3) is 4.36. The Bertz CT molecular complexity index is 983. The molecule has 0 saturated carbocycles. The molecule has 6 heteroatoms. The first-order chi connectivity index (χ1) is 13.4. The fourth-order valence-corrected chi connectivity index (χ4v) is 3.59. The van der Waals surface area contributed by atoms with E-state index < -0.39 is 0 Å². The Kier molecular flexibility index (Phi) is 6.35. The summed E-state index contributed by atoms with van der Waals surface area (Å²) in [5.74, 6) is 0.624. The molecule has 4 nitrogen and oxygen atoms in total. The molecule has 0 radical (unpaired) electrons. The van der Waals surface area contributed by atoms with Crippen LogP contribution in [0.5, 0.6) is 0 Å². The van der Waals surface area contributed by atoms with Crippen molar-refractivity contribution in [1.29, 1.82) is 0 Å². The molecule has 0 spiro atoms. The van der Waals surface area contributed by atoms with Crippen molar-refractivity contribution in [1.82, 2.24) is 14.5 Å². The standard InChI is InChI=1S/C22H25ClFN3O/c1-4-11-27-20-12-16(24)9-10-19(20)25-21(27)14-26(13-15(2)3)22(28)17-7-5-6-8-18(17)23/h5-10,12,15H,4,11,13-14H2,1-3H3. The lowest BCUT2D eigenvalue weighted by atomic mass is 10.1. The zero-order chi connectivity index (χ0) is 20.3. The molecule has 28 heavy (non-hydrogen) atoms. The minimum Gasteiger partial charge on any atom is -0.331 e. The highest BCUT2D eigenvalue weighted by Gasteiger charge is 2.22. The van der Waals surface area contributed by atoms with Gasteiger partial charge in [-0.15, -0.1) is 0 Å². The summed E-state index contributed by atoms with van der Waals surface area (Å²) in [5, 5.41) is 0.436. The molecule has 0 saturated heterocycles. The lowest BCUT2D eigenvalue weighted by molar-refractivity contribution is 0.0716. The molecule has 3 aromatic rings. The summed E-state index contributed by atoms with van der Waals surface area (Å²) in [6.07, 6.45) is 0.887. The third-order valence-corrected chi connectivity index (χ3v) is 4.88. The van der Waals surface area contributed by atoms with Gasteiger partial charge < -0.3 is 9.47 Å². The highest BCUT2D eigenvalue weighted by Crippen LogP contribution is 2.22. The quantitative estimate of drug-likeness (QED) is 0.521. The number of halogens is 2. The van der Waals surface area contributed by atoms with Gasteiger partial charge in [0, 0.05) is 13.1 Å². The number of aromatic nitrogens is 2. The Morgan fingerprint density at radius 3 is 2.68 bits per heavy atom. The van der Waals surface area contributed by atoms with Crippen LogP contribution in [-0.2, 0) is 13.1 Å². The van der Waals surface area contributed by atoms with Crippen LogP contribution in [0.4, 0.5) is 4.39 Å². The van der Waals surface area contributed by atoms with Crippen LogP contribution < -0.4 is 0 Å². The number of rotatable bonds is 7. The summed E-state index contributed by atoms with van der Waals surface area (Å²) in [6, 6.07) is 11.7. The number of nitrogens with zero attached hydrogens (tertiary/aromatic N) is 3. The van der Waals surface area contributed by atoms with Gasteiger partial charge in [0.25, 0.3) is 5.91 Å². The van der Waals surface area contributed by atoms with Crippen LogP contribution in [-0.4, -0.2) is 26.9 Å². The highest BCUT2D eigenvalue weighted by atomic mass is 35.5. The van der Waals surface area contributed by atoms with Gasteiger partial charge in [0.05, 0.1) is 28.2 Å². The number of carbonyl (C=O) groups excluding carboxylic acids is 1. The van der Waals surface area contributed by atoms with Gasteiger partial charge in [-0.25, -0.2) is 9.37 Å². The molecule has 0 aliphatic carbocycles. The van der Waals surface area contributed by atoms with Gasteiger partial charge in [0.15, 0.2) is 0 Å². The smallest absolute Gasteiger partial charge is 0.255 e. The van der Waals surface area contributed by atoms with E-state index in [-0.39, 0.29) is 17.6 Å². The summed E-state index contributed by atoms with van der Waals surface area (Å²) < 4.78 is 15.8. The SMILES string of the molecule is CCCn1c(CN(CC(C)C)C(=O)c2ccccc2Cl)nc2ccc(F)cc21. The van der Waals surface area contributed by atoms with Crippen molar-refractivity contribution in [3.05, 3.63) is 64.7 Å². The normalized spacial score (nSPS) is 11.4. The minimum absolute atomic E-state index is 0.124. The zero-order valence-electron chi connectivity index (χ0n) is 16.5. The zero-order valence-corrected chi connectivity index (χ0v) is 17.2. The van der Waals surface area contributed by atoms with Crippen LogP contribution in [0, 0.1) is 11.7 Å². The van der Waals surface area contributed by atoms with Crippen molar-refractivity contribution in [2.45, 2.75) is 40.3 Å². The van der Waals surface area contributed by atoms with E-state index >= 15 is 0 Å². The number of hydrogen-bond acceptors (Lipinski definition) is 2. The molecule has 0 aliphatic heterocycles. The Hall–Kier alpha value is -2.40. The first-order valence-electron chi connectivity index (χ1n) is 9.59. The van der Waals surface area contributed by atoms with E-state index in [9.17, 15) is 9.18 Å². The van der Waals surface area contributed by atoms with Crippen LogP contribution in [0.25, 0.3) is 11.0 Å². The van der Waals surface area contributed by atoms with Gasteiger partial charge in [-0.3, -0.25) is 4.79 Å². The van der Waals surface area contributed by atoms with Gasteiger partial charge in [-0.1, -0.05) is 44.5 Å². The maximum Gasteiger partial charge on any atom is 0.255 e. The summed E-state index contributed by atoms with van der Waals surface area (Å²) in [7, 11) is 0. The maximum absolute atomic E-state index is 13.8. The maximum atomic E-state index is 13.8. The predicted octanol–water partition coefficient (Wildman–Crippen LogP) is 5.54. The van der Waals surface area contributed by atoms with Crippen LogP contribution in [0.15, 0.2) is 42.5 Å². The lowest BCUT2D eigenvalue weighted by Crippen LogP contribution is -2.35. The van der Waals surface area contributed by atoms with Crippen LogP contribution >= 0.6 is 11.6 Å². The van der Waals surface area contributed by atoms with E-state index in [1.54, 1.807) is 29.2 Å². The molecule has 1 heterocycles.